The number of anilines is 3. The summed E-state index contributed by atoms with van der Waals surface area (Å²) in [4.78, 5) is 21.1. The minimum Gasteiger partial charge on any atom is -0.444 e. The lowest BCUT2D eigenvalue weighted by Gasteiger charge is -2.33. The van der Waals surface area contributed by atoms with E-state index >= 15 is 4.39 Å². The predicted octanol–water partition coefficient (Wildman–Crippen LogP) is 5.28. The number of aromatic nitrogens is 4. The molecule has 3 heterocycles. The van der Waals surface area contributed by atoms with Crippen LogP contribution in [-0.4, -0.2) is 43.5 Å². The molecule has 1 aliphatic carbocycles. The van der Waals surface area contributed by atoms with Crippen molar-refractivity contribution >= 4 is 23.4 Å². The normalized spacial score (nSPS) is 17.4. The number of amides is 1. The van der Waals surface area contributed by atoms with Gasteiger partial charge in [-0.15, -0.1) is 0 Å². The van der Waals surface area contributed by atoms with E-state index in [1.165, 1.54) is 0 Å². The van der Waals surface area contributed by atoms with Gasteiger partial charge in [-0.2, -0.15) is 10.4 Å². The lowest BCUT2D eigenvalue weighted by atomic mass is 9.90. The first-order valence-electron chi connectivity index (χ1n) is 12.6. The Bertz CT molecular complexity index is 1360. The summed E-state index contributed by atoms with van der Waals surface area (Å²) < 4.78 is 22.2. The smallest absolute Gasteiger partial charge is 0.407 e. The zero-order valence-electron chi connectivity index (χ0n) is 22.3. The fourth-order valence-corrected chi connectivity index (χ4v) is 4.52. The summed E-state index contributed by atoms with van der Waals surface area (Å²) in [5, 5.41) is 23.3. The van der Waals surface area contributed by atoms with E-state index in [9.17, 15) is 10.1 Å². The highest BCUT2D eigenvalue weighted by molar-refractivity contribution is 5.69. The third kappa shape index (κ3) is 6.56. The van der Waals surface area contributed by atoms with Crippen molar-refractivity contribution in [1.82, 2.24) is 25.1 Å². The second-order valence-corrected chi connectivity index (χ2v) is 10.5. The van der Waals surface area contributed by atoms with E-state index in [1.807, 2.05) is 32.0 Å². The van der Waals surface area contributed by atoms with Crippen LogP contribution in [0, 0.1) is 31.0 Å². The van der Waals surface area contributed by atoms with Crippen LogP contribution in [0.25, 0.3) is 5.69 Å². The molecular formula is C27H33FN8O2. The third-order valence-corrected chi connectivity index (χ3v) is 6.13. The maximum atomic E-state index is 15.0. The Morgan fingerprint density at radius 2 is 1.87 bits per heavy atom. The van der Waals surface area contributed by atoms with Crippen molar-refractivity contribution in [3.63, 3.8) is 0 Å². The summed E-state index contributed by atoms with van der Waals surface area (Å²) in [5.41, 5.74) is 2.57. The molecule has 1 fully saturated rings. The van der Waals surface area contributed by atoms with Gasteiger partial charge in [-0.1, -0.05) is 12.8 Å². The van der Waals surface area contributed by atoms with Crippen molar-refractivity contribution in [3.05, 3.63) is 53.4 Å². The number of carbonyl (C=O) groups is 1. The number of aryl methyl sites for hydroxylation is 2. The topological polar surface area (TPSA) is 130 Å². The van der Waals surface area contributed by atoms with Crippen molar-refractivity contribution in [2.24, 2.45) is 0 Å². The average Bonchev–Trinajstić information content (AvgIpc) is 3.19. The number of hydrogen-bond donors (Lipinski definition) is 3. The molecule has 38 heavy (non-hydrogen) atoms. The molecule has 2 atom stereocenters. The number of alkyl carbamates (subject to hydrolysis) is 1. The van der Waals surface area contributed by atoms with E-state index in [0.717, 1.165) is 48.8 Å². The Hall–Kier alpha value is -4.20. The van der Waals surface area contributed by atoms with Crippen LogP contribution in [0.5, 0.6) is 0 Å². The predicted molar refractivity (Wildman–Crippen MR) is 142 cm³/mol. The van der Waals surface area contributed by atoms with Crippen molar-refractivity contribution < 1.29 is 13.9 Å². The van der Waals surface area contributed by atoms with Crippen LogP contribution in [0.2, 0.25) is 0 Å². The first-order valence-corrected chi connectivity index (χ1v) is 12.6. The van der Waals surface area contributed by atoms with E-state index in [4.69, 9.17) is 4.74 Å². The molecular weight excluding hydrogens is 487 g/mol. The number of nitrogens with zero attached hydrogens (tertiary/aromatic N) is 5. The highest BCUT2D eigenvalue weighted by Crippen LogP contribution is 2.28. The summed E-state index contributed by atoms with van der Waals surface area (Å²) in [6, 6.07) is 6.42. The third-order valence-electron chi connectivity index (χ3n) is 6.13. The Labute approximate surface area is 221 Å². The second-order valence-electron chi connectivity index (χ2n) is 10.5. The molecule has 0 saturated heterocycles. The molecule has 0 unspecified atom stereocenters. The maximum absolute atomic E-state index is 15.0. The van der Waals surface area contributed by atoms with Crippen LogP contribution in [0.4, 0.5) is 26.5 Å². The molecule has 0 spiro atoms. The van der Waals surface area contributed by atoms with Crippen molar-refractivity contribution in [2.45, 2.75) is 78.0 Å². The van der Waals surface area contributed by atoms with Gasteiger partial charge in [-0.05, 0) is 65.7 Å². The second kappa shape index (κ2) is 11.0. The zero-order chi connectivity index (χ0) is 27.4. The number of hydrogen-bond acceptors (Lipinski definition) is 8. The van der Waals surface area contributed by atoms with Crippen LogP contribution in [0.15, 0.2) is 30.6 Å². The SMILES string of the molecule is Cc1cc(C)n(-c2cncc(Nc3nc(N[C@@H]4CCCC[C@@H]4NC(=O)OC(C)(C)C)c(F)cc3C#N)c2)n1. The van der Waals surface area contributed by atoms with E-state index in [2.05, 4.69) is 31.0 Å². The molecule has 1 saturated carbocycles. The fraction of sp³-hybridized carbons (Fsp3) is 0.444. The molecule has 3 N–H and O–H groups in total. The van der Waals surface area contributed by atoms with Crippen molar-refractivity contribution in [1.29, 1.82) is 5.26 Å². The number of halogens is 1. The number of carbonyl (C=O) groups excluding carboxylic acids is 1. The van der Waals surface area contributed by atoms with Gasteiger partial charge in [0, 0.05) is 11.7 Å². The van der Waals surface area contributed by atoms with Crippen molar-refractivity contribution in [2.75, 3.05) is 10.6 Å². The largest absolute Gasteiger partial charge is 0.444 e. The summed E-state index contributed by atoms with van der Waals surface area (Å²) in [6.07, 6.45) is 6.08. The van der Waals surface area contributed by atoms with Crippen LogP contribution < -0.4 is 16.0 Å². The quantitative estimate of drug-likeness (QED) is 0.400. The van der Waals surface area contributed by atoms with Crippen LogP contribution in [-0.2, 0) is 4.74 Å². The number of nitrogens with one attached hydrogen (secondary N) is 3. The zero-order valence-corrected chi connectivity index (χ0v) is 22.3. The number of nitriles is 1. The van der Waals surface area contributed by atoms with Crippen molar-refractivity contribution in [3.8, 4) is 11.8 Å². The van der Waals surface area contributed by atoms with Crippen LogP contribution in [0.1, 0.15) is 63.4 Å². The first kappa shape index (κ1) is 26.9. The van der Waals surface area contributed by atoms with E-state index in [1.54, 1.807) is 37.8 Å². The Balaban J connectivity index is 1.56. The minimum absolute atomic E-state index is 0.00273. The first-order chi connectivity index (χ1) is 18.0. The summed E-state index contributed by atoms with van der Waals surface area (Å²) in [6.45, 7) is 9.27. The average molecular weight is 521 g/mol. The van der Waals surface area contributed by atoms with E-state index in [0.29, 0.717) is 5.69 Å². The van der Waals surface area contributed by atoms with Gasteiger partial charge in [0.1, 0.15) is 11.7 Å². The lowest BCUT2D eigenvalue weighted by Crippen LogP contribution is -2.50. The number of ether oxygens (including phenoxy) is 1. The van der Waals surface area contributed by atoms with E-state index < -0.39 is 17.5 Å². The standard InChI is InChI=1S/C27H33FN8O2/c1-16-10-17(2)36(35-16)20-12-19(14-30-15-20)31-24-18(13-29)11-21(28)25(34-24)32-22-8-6-7-9-23(22)33-26(37)38-27(3,4)5/h10-12,14-15,22-23H,6-9H2,1-5H3,(H,33,37)(H2,31,32,34)/t22-,23+/m1/s1. The van der Waals surface area contributed by atoms with Gasteiger partial charge in [0.25, 0.3) is 0 Å². The van der Waals surface area contributed by atoms with Gasteiger partial charge in [-0.25, -0.2) is 18.9 Å². The summed E-state index contributed by atoms with van der Waals surface area (Å²) >= 11 is 0. The molecule has 3 aromatic rings. The Morgan fingerprint density at radius 1 is 1.13 bits per heavy atom. The minimum atomic E-state index is -0.650. The molecule has 0 aromatic carbocycles. The van der Waals surface area contributed by atoms with Gasteiger partial charge >= 0.3 is 6.09 Å². The van der Waals surface area contributed by atoms with Gasteiger partial charge in [0.15, 0.2) is 17.5 Å². The number of rotatable bonds is 6. The fourth-order valence-electron chi connectivity index (χ4n) is 4.52. The van der Waals surface area contributed by atoms with Gasteiger partial charge < -0.3 is 20.7 Å². The summed E-state index contributed by atoms with van der Waals surface area (Å²) in [5.74, 6) is -0.462. The Kier molecular flexibility index (Phi) is 7.80. The molecule has 0 bridgehead atoms. The summed E-state index contributed by atoms with van der Waals surface area (Å²) in [7, 11) is 0. The Morgan fingerprint density at radius 3 is 2.53 bits per heavy atom. The molecule has 4 rings (SSSR count). The van der Waals surface area contributed by atoms with Gasteiger partial charge in [0.05, 0.1) is 41.1 Å². The molecule has 1 amide bonds. The lowest BCUT2D eigenvalue weighted by molar-refractivity contribution is 0.0488. The van der Waals surface area contributed by atoms with Crippen LogP contribution >= 0.6 is 0 Å². The van der Waals surface area contributed by atoms with Gasteiger partial charge in [0.2, 0.25) is 0 Å². The maximum Gasteiger partial charge on any atom is 0.407 e. The van der Waals surface area contributed by atoms with E-state index in [-0.39, 0.29) is 29.3 Å². The highest BCUT2D eigenvalue weighted by Gasteiger charge is 2.29. The molecule has 200 valence electrons. The monoisotopic (exact) mass is 520 g/mol. The number of pyridine rings is 2. The van der Waals surface area contributed by atoms with Crippen LogP contribution in [0.3, 0.4) is 0 Å². The molecule has 10 nitrogen and oxygen atoms in total. The highest BCUT2D eigenvalue weighted by atomic mass is 19.1. The molecule has 0 aliphatic heterocycles. The molecule has 3 aromatic heterocycles. The van der Waals surface area contributed by atoms with Gasteiger partial charge in [-0.3, -0.25) is 4.98 Å². The molecule has 11 heteroatoms. The molecule has 1 aliphatic rings. The molecule has 0 radical (unpaired) electrons.